The zero-order valence-corrected chi connectivity index (χ0v) is 13.3. The predicted molar refractivity (Wildman–Crippen MR) is 85.6 cm³/mol. The summed E-state index contributed by atoms with van der Waals surface area (Å²) in [7, 11) is 0. The molecule has 6 heteroatoms. The van der Waals surface area contributed by atoms with Crippen molar-refractivity contribution in [3.8, 4) is 0 Å². The van der Waals surface area contributed by atoms with Crippen LogP contribution in [0.4, 0.5) is 0 Å². The van der Waals surface area contributed by atoms with E-state index in [-0.39, 0.29) is 0 Å². The summed E-state index contributed by atoms with van der Waals surface area (Å²) in [6, 6.07) is 6.96. The van der Waals surface area contributed by atoms with Crippen LogP contribution in [0, 0.1) is 0 Å². The first kappa shape index (κ1) is 16.5. The zero-order chi connectivity index (χ0) is 15.9. The van der Waals surface area contributed by atoms with E-state index in [0.29, 0.717) is 12.4 Å². The number of nitrogens with two attached hydrogens (primary N) is 1. The highest BCUT2D eigenvalue weighted by atomic mass is 35.5. The fraction of sp³-hybridized carbons (Fsp3) is 0.375. The van der Waals surface area contributed by atoms with E-state index in [9.17, 15) is 4.79 Å². The van der Waals surface area contributed by atoms with E-state index in [2.05, 4.69) is 4.98 Å². The largest absolute Gasteiger partial charge is 0.464 e. The van der Waals surface area contributed by atoms with Gasteiger partial charge in [0.2, 0.25) is 0 Å². The van der Waals surface area contributed by atoms with Gasteiger partial charge in [-0.3, -0.25) is 0 Å². The Morgan fingerprint density at radius 3 is 2.82 bits per heavy atom. The monoisotopic (exact) mass is 321 g/mol. The van der Waals surface area contributed by atoms with E-state index in [1.807, 2.05) is 35.0 Å². The molecule has 1 aromatic heterocycles. The summed E-state index contributed by atoms with van der Waals surface area (Å²) in [5, 5.41) is 0.737. The van der Waals surface area contributed by atoms with Crippen molar-refractivity contribution in [2.45, 2.75) is 32.4 Å². The lowest BCUT2D eigenvalue weighted by Crippen LogP contribution is -2.27. The van der Waals surface area contributed by atoms with Gasteiger partial charge in [0.1, 0.15) is 5.82 Å². The Kier molecular flexibility index (Phi) is 5.98. The molecule has 0 amide bonds. The summed E-state index contributed by atoms with van der Waals surface area (Å²) < 4.78 is 6.84. The second-order valence-corrected chi connectivity index (χ2v) is 5.38. The van der Waals surface area contributed by atoms with Crippen LogP contribution in [0.25, 0.3) is 0 Å². The summed E-state index contributed by atoms with van der Waals surface area (Å²) >= 11 is 5.87. The van der Waals surface area contributed by atoms with Crippen LogP contribution in [0.15, 0.2) is 36.7 Å². The molecule has 0 saturated heterocycles. The van der Waals surface area contributed by atoms with Crippen LogP contribution in [-0.4, -0.2) is 22.1 Å². The minimum absolute atomic E-state index is 0.309. The van der Waals surface area contributed by atoms with Crippen molar-refractivity contribution in [2.75, 3.05) is 6.61 Å². The standard InChI is InChI=1S/C16H20ClN3O2/c1-2-22-16(21)14(18)15-19-9-11-20(15)10-3-4-12-5-7-13(17)8-6-12/h5-9,11,14H,2-4,10,18H2,1H3. The third-order valence-electron chi connectivity index (χ3n) is 3.34. The van der Waals surface area contributed by atoms with Gasteiger partial charge in [0.05, 0.1) is 6.61 Å². The number of hydrogen-bond acceptors (Lipinski definition) is 4. The molecule has 1 heterocycles. The van der Waals surface area contributed by atoms with E-state index in [1.165, 1.54) is 5.56 Å². The van der Waals surface area contributed by atoms with Crippen LogP contribution < -0.4 is 5.73 Å². The number of imidazole rings is 1. The zero-order valence-electron chi connectivity index (χ0n) is 12.5. The Morgan fingerprint density at radius 2 is 2.14 bits per heavy atom. The van der Waals surface area contributed by atoms with E-state index < -0.39 is 12.0 Å². The van der Waals surface area contributed by atoms with E-state index in [1.54, 1.807) is 13.1 Å². The van der Waals surface area contributed by atoms with Gasteiger partial charge in [-0.15, -0.1) is 0 Å². The Labute approximate surface area is 135 Å². The highest BCUT2D eigenvalue weighted by Crippen LogP contribution is 2.14. The second kappa shape index (κ2) is 7.96. The molecule has 0 radical (unpaired) electrons. The van der Waals surface area contributed by atoms with Gasteiger partial charge in [-0.05, 0) is 37.5 Å². The predicted octanol–water partition coefficient (Wildman–Crippen LogP) is 2.73. The third kappa shape index (κ3) is 4.32. The maximum Gasteiger partial charge on any atom is 0.330 e. The molecule has 2 N–H and O–H groups in total. The summed E-state index contributed by atoms with van der Waals surface area (Å²) in [6.07, 6.45) is 5.32. The van der Waals surface area contributed by atoms with Crippen molar-refractivity contribution in [3.05, 3.63) is 53.1 Å². The number of esters is 1. The minimum Gasteiger partial charge on any atom is -0.464 e. The van der Waals surface area contributed by atoms with Gasteiger partial charge < -0.3 is 15.0 Å². The molecule has 0 fully saturated rings. The molecule has 0 aliphatic rings. The number of benzene rings is 1. The van der Waals surface area contributed by atoms with Gasteiger partial charge >= 0.3 is 5.97 Å². The molecule has 5 nitrogen and oxygen atoms in total. The molecule has 2 rings (SSSR count). The fourth-order valence-electron chi connectivity index (χ4n) is 2.23. The van der Waals surface area contributed by atoms with Gasteiger partial charge in [-0.2, -0.15) is 0 Å². The first-order chi connectivity index (χ1) is 10.6. The number of ether oxygens (including phenoxy) is 1. The van der Waals surface area contributed by atoms with Crippen LogP contribution >= 0.6 is 11.6 Å². The Bertz CT molecular complexity index is 610. The SMILES string of the molecule is CCOC(=O)C(N)c1nccn1CCCc1ccc(Cl)cc1. The van der Waals surface area contributed by atoms with Gasteiger partial charge in [0.15, 0.2) is 6.04 Å². The van der Waals surface area contributed by atoms with Crippen LogP contribution in [0.3, 0.4) is 0 Å². The fourth-order valence-corrected chi connectivity index (χ4v) is 2.36. The molecule has 118 valence electrons. The van der Waals surface area contributed by atoms with Gasteiger partial charge in [-0.25, -0.2) is 9.78 Å². The second-order valence-electron chi connectivity index (χ2n) is 4.94. The number of nitrogens with zero attached hydrogens (tertiary/aromatic N) is 2. The van der Waals surface area contributed by atoms with Crippen LogP contribution in [0.5, 0.6) is 0 Å². The summed E-state index contributed by atoms with van der Waals surface area (Å²) in [5.74, 6) is 0.0854. The molecule has 0 aliphatic carbocycles. The van der Waals surface area contributed by atoms with Gasteiger partial charge in [-0.1, -0.05) is 23.7 Å². The Hall–Kier alpha value is -1.85. The molecule has 2 aromatic rings. The van der Waals surface area contributed by atoms with Crippen molar-refractivity contribution >= 4 is 17.6 Å². The number of hydrogen-bond donors (Lipinski definition) is 1. The average Bonchev–Trinajstić information content (AvgIpc) is 2.97. The van der Waals surface area contributed by atoms with Crippen LogP contribution in [-0.2, 0) is 22.5 Å². The van der Waals surface area contributed by atoms with E-state index in [0.717, 1.165) is 24.4 Å². The minimum atomic E-state index is -0.842. The first-order valence-corrected chi connectivity index (χ1v) is 7.67. The first-order valence-electron chi connectivity index (χ1n) is 7.29. The molecular weight excluding hydrogens is 302 g/mol. The van der Waals surface area contributed by atoms with E-state index >= 15 is 0 Å². The molecule has 0 spiro atoms. The van der Waals surface area contributed by atoms with E-state index in [4.69, 9.17) is 22.1 Å². The normalized spacial score (nSPS) is 12.1. The Morgan fingerprint density at radius 1 is 1.41 bits per heavy atom. The summed E-state index contributed by atoms with van der Waals surface area (Å²) in [6.45, 7) is 2.80. The quantitative estimate of drug-likeness (QED) is 0.796. The lowest BCUT2D eigenvalue weighted by atomic mass is 10.1. The summed E-state index contributed by atoms with van der Waals surface area (Å²) in [5.41, 5.74) is 7.12. The van der Waals surface area contributed by atoms with Gasteiger partial charge in [0, 0.05) is 24.0 Å². The van der Waals surface area contributed by atoms with Crippen molar-refractivity contribution in [3.63, 3.8) is 0 Å². The molecule has 1 aromatic carbocycles. The smallest absolute Gasteiger partial charge is 0.330 e. The van der Waals surface area contributed by atoms with Crippen LogP contribution in [0.2, 0.25) is 5.02 Å². The molecule has 0 saturated carbocycles. The average molecular weight is 322 g/mol. The van der Waals surface area contributed by atoms with Crippen molar-refractivity contribution in [1.29, 1.82) is 0 Å². The molecule has 1 unspecified atom stereocenters. The molecule has 1 atom stereocenters. The maximum absolute atomic E-state index is 11.7. The van der Waals surface area contributed by atoms with Crippen molar-refractivity contribution < 1.29 is 9.53 Å². The number of aryl methyl sites for hydroxylation is 2. The molecule has 0 bridgehead atoms. The molecular formula is C16H20ClN3O2. The number of rotatable bonds is 7. The van der Waals surface area contributed by atoms with Gasteiger partial charge in [0.25, 0.3) is 0 Å². The lowest BCUT2D eigenvalue weighted by molar-refractivity contribution is -0.145. The summed E-state index contributed by atoms with van der Waals surface area (Å²) in [4.78, 5) is 15.9. The Balaban J connectivity index is 1.92. The number of carbonyl (C=O) groups is 1. The van der Waals surface area contributed by atoms with Crippen molar-refractivity contribution in [1.82, 2.24) is 9.55 Å². The topological polar surface area (TPSA) is 70.1 Å². The highest BCUT2D eigenvalue weighted by molar-refractivity contribution is 6.30. The lowest BCUT2D eigenvalue weighted by Gasteiger charge is -2.13. The molecule has 0 aliphatic heterocycles. The number of aromatic nitrogens is 2. The third-order valence-corrected chi connectivity index (χ3v) is 3.60. The maximum atomic E-state index is 11.7. The highest BCUT2D eigenvalue weighted by Gasteiger charge is 2.21. The van der Waals surface area contributed by atoms with Crippen molar-refractivity contribution in [2.24, 2.45) is 5.73 Å². The number of halogens is 1. The molecule has 22 heavy (non-hydrogen) atoms. The number of carbonyl (C=O) groups excluding carboxylic acids is 1. The van der Waals surface area contributed by atoms with Crippen LogP contribution in [0.1, 0.15) is 30.8 Å².